The second-order valence-corrected chi connectivity index (χ2v) is 5.67. The summed E-state index contributed by atoms with van der Waals surface area (Å²) in [6, 6.07) is 5.45. The summed E-state index contributed by atoms with van der Waals surface area (Å²) in [6.07, 6.45) is 5.57. The molecule has 0 saturated carbocycles. The number of nitrogens with one attached hydrogen (secondary N) is 1. The van der Waals surface area contributed by atoms with Crippen LogP contribution in [0, 0.1) is 5.82 Å². The van der Waals surface area contributed by atoms with Gasteiger partial charge in [0.2, 0.25) is 0 Å². The predicted octanol–water partition coefficient (Wildman–Crippen LogP) is 3.61. The van der Waals surface area contributed by atoms with Crippen molar-refractivity contribution in [3.05, 3.63) is 52.0 Å². The summed E-state index contributed by atoms with van der Waals surface area (Å²) in [5, 5.41) is 7.52. The molecule has 0 aliphatic rings. The highest BCUT2D eigenvalue weighted by Crippen LogP contribution is 2.26. The second-order valence-electron chi connectivity index (χ2n) is 4.81. The van der Waals surface area contributed by atoms with Crippen molar-refractivity contribution in [3.63, 3.8) is 0 Å². The Hall–Kier alpha value is -1.20. The first kappa shape index (κ1) is 15.2. The quantitative estimate of drug-likeness (QED) is 0.871. The number of hydrogen-bond acceptors (Lipinski definition) is 2. The number of aromatic nitrogens is 2. The molecule has 0 radical (unpaired) electrons. The largest absolute Gasteiger partial charge is 0.310 e. The fourth-order valence-electron chi connectivity index (χ4n) is 2.32. The van der Waals surface area contributed by atoms with Crippen LogP contribution in [0.4, 0.5) is 4.39 Å². The highest BCUT2D eigenvalue weighted by molar-refractivity contribution is 9.10. The lowest BCUT2D eigenvalue weighted by atomic mass is 9.99. The molecule has 0 spiro atoms. The van der Waals surface area contributed by atoms with Gasteiger partial charge in [0.25, 0.3) is 0 Å². The molecule has 1 atom stereocenters. The number of hydrogen-bond donors (Lipinski definition) is 1. The standard InChI is InChI=1S/C15H19BrFN3/c1-3-18-14(8-7-11-9-19-20(2)10-11)12-5-4-6-13(16)15(12)17/h4-6,9-10,14,18H,3,7-8H2,1-2H3. The summed E-state index contributed by atoms with van der Waals surface area (Å²) in [5.74, 6) is -0.176. The normalized spacial score (nSPS) is 12.6. The van der Waals surface area contributed by atoms with Crippen molar-refractivity contribution in [1.29, 1.82) is 0 Å². The molecule has 0 aliphatic heterocycles. The van der Waals surface area contributed by atoms with Gasteiger partial charge in [-0.25, -0.2) is 4.39 Å². The van der Waals surface area contributed by atoms with Gasteiger partial charge in [0, 0.05) is 24.8 Å². The molecule has 0 bridgehead atoms. The first-order valence-corrected chi connectivity index (χ1v) is 7.56. The second kappa shape index (κ2) is 6.99. The van der Waals surface area contributed by atoms with E-state index in [2.05, 4.69) is 26.3 Å². The topological polar surface area (TPSA) is 29.9 Å². The Morgan fingerprint density at radius 3 is 2.90 bits per heavy atom. The lowest BCUT2D eigenvalue weighted by molar-refractivity contribution is 0.483. The third kappa shape index (κ3) is 3.67. The highest BCUT2D eigenvalue weighted by Gasteiger charge is 2.16. The summed E-state index contributed by atoms with van der Waals surface area (Å²) in [5.41, 5.74) is 1.89. The molecular formula is C15H19BrFN3. The van der Waals surface area contributed by atoms with Crippen LogP contribution in [0.15, 0.2) is 35.1 Å². The van der Waals surface area contributed by atoms with Crippen molar-refractivity contribution >= 4 is 15.9 Å². The van der Waals surface area contributed by atoms with Crippen LogP contribution >= 0.6 is 15.9 Å². The minimum Gasteiger partial charge on any atom is -0.310 e. The molecule has 1 N–H and O–H groups in total. The van der Waals surface area contributed by atoms with E-state index < -0.39 is 0 Å². The minimum atomic E-state index is -0.176. The molecule has 0 amide bonds. The Morgan fingerprint density at radius 1 is 1.45 bits per heavy atom. The van der Waals surface area contributed by atoms with Gasteiger partial charge in [0.15, 0.2) is 0 Å². The van der Waals surface area contributed by atoms with Gasteiger partial charge < -0.3 is 5.32 Å². The van der Waals surface area contributed by atoms with Crippen LogP contribution in [0.5, 0.6) is 0 Å². The monoisotopic (exact) mass is 339 g/mol. The smallest absolute Gasteiger partial charge is 0.142 e. The summed E-state index contributed by atoms with van der Waals surface area (Å²) in [4.78, 5) is 0. The molecule has 1 aromatic heterocycles. The van der Waals surface area contributed by atoms with Crippen LogP contribution in [-0.4, -0.2) is 16.3 Å². The molecular weight excluding hydrogens is 321 g/mol. The zero-order valence-electron chi connectivity index (χ0n) is 11.7. The Balaban J connectivity index is 2.12. The number of aryl methyl sites for hydroxylation is 2. The molecule has 3 nitrogen and oxygen atoms in total. The highest BCUT2D eigenvalue weighted by atomic mass is 79.9. The van der Waals surface area contributed by atoms with Crippen molar-refractivity contribution in [3.8, 4) is 0 Å². The zero-order valence-corrected chi connectivity index (χ0v) is 13.3. The van der Waals surface area contributed by atoms with E-state index in [0.29, 0.717) is 10.0 Å². The molecule has 0 aliphatic carbocycles. The lowest BCUT2D eigenvalue weighted by Gasteiger charge is -2.19. The summed E-state index contributed by atoms with van der Waals surface area (Å²) >= 11 is 3.25. The predicted molar refractivity (Wildman–Crippen MR) is 82.0 cm³/mol. The van der Waals surface area contributed by atoms with E-state index in [4.69, 9.17) is 0 Å². The van der Waals surface area contributed by atoms with E-state index in [-0.39, 0.29) is 11.9 Å². The van der Waals surface area contributed by atoms with Crippen molar-refractivity contribution in [1.82, 2.24) is 15.1 Å². The van der Waals surface area contributed by atoms with E-state index in [1.54, 1.807) is 10.7 Å². The van der Waals surface area contributed by atoms with Gasteiger partial charge in [0.1, 0.15) is 5.82 Å². The van der Waals surface area contributed by atoms with Crippen LogP contribution in [-0.2, 0) is 13.5 Å². The van der Waals surface area contributed by atoms with Gasteiger partial charge in [-0.1, -0.05) is 19.1 Å². The number of nitrogens with zero attached hydrogens (tertiary/aromatic N) is 2. The van der Waals surface area contributed by atoms with Gasteiger partial charge in [-0.05, 0) is 46.9 Å². The van der Waals surface area contributed by atoms with E-state index in [0.717, 1.165) is 19.4 Å². The van der Waals surface area contributed by atoms with Crippen LogP contribution in [0.2, 0.25) is 0 Å². The summed E-state index contributed by atoms with van der Waals surface area (Å²) in [7, 11) is 1.90. The maximum absolute atomic E-state index is 14.2. The molecule has 0 saturated heterocycles. The molecule has 1 aromatic carbocycles. The molecule has 2 aromatic rings. The molecule has 108 valence electrons. The van der Waals surface area contributed by atoms with Gasteiger partial charge in [-0.3, -0.25) is 4.68 Å². The average molecular weight is 340 g/mol. The van der Waals surface area contributed by atoms with Gasteiger partial charge >= 0.3 is 0 Å². The number of benzene rings is 1. The maximum atomic E-state index is 14.2. The zero-order chi connectivity index (χ0) is 14.5. The fourth-order valence-corrected chi connectivity index (χ4v) is 2.70. The third-order valence-corrected chi connectivity index (χ3v) is 3.90. The van der Waals surface area contributed by atoms with Crippen molar-refractivity contribution < 1.29 is 4.39 Å². The lowest BCUT2D eigenvalue weighted by Crippen LogP contribution is -2.22. The fraction of sp³-hybridized carbons (Fsp3) is 0.400. The Labute approximate surface area is 127 Å². The molecule has 2 rings (SSSR count). The number of halogens is 2. The maximum Gasteiger partial charge on any atom is 0.142 e. The van der Waals surface area contributed by atoms with Gasteiger partial charge in [-0.2, -0.15) is 5.10 Å². The van der Waals surface area contributed by atoms with E-state index in [9.17, 15) is 4.39 Å². The molecule has 1 heterocycles. The molecule has 20 heavy (non-hydrogen) atoms. The first-order chi connectivity index (χ1) is 9.61. The van der Waals surface area contributed by atoms with Crippen molar-refractivity contribution in [2.45, 2.75) is 25.8 Å². The van der Waals surface area contributed by atoms with Gasteiger partial charge in [0.05, 0.1) is 10.7 Å². The number of rotatable bonds is 6. The summed E-state index contributed by atoms with van der Waals surface area (Å²) < 4.78 is 16.5. The van der Waals surface area contributed by atoms with E-state index in [1.165, 1.54) is 5.56 Å². The van der Waals surface area contributed by atoms with Gasteiger partial charge in [-0.15, -0.1) is 0 Å². The molecule has 5 heteroatoms. The third-order valence-electron chi connectivity index (χ3n) is 3.29. The van der Waals surface area contributed by atoms with Crippen LogP contribution in [0.3, 0.4) is 0 Å². The average Bonchev–Trinajstić information content (AvgIpc) is 2.84. The Bertz CT molecular complexity index is 568. The van der Waals surface area contributed by atoms with Crippen LogP contribution in [0.25, 0.3) is 0 Å². The summed E-state index contributed by atoms with van der Waals surface area (Å²) in [6.45, 7) is 2.84. The van der Waals surface area contributed by atoms with E-state index in [1.807, 2.05) is 38.5 Å². The minimum absolute atomic E-state index is 0.0118. The molecule has 1 unspecified atom stereocenters. The van der Waals surface area contributed by atoms with E-state index >= 15 is 0 Å². The molecule has 0 fully saturated rings. The van der Waals surface area contributed by atoms with Crippen molar-refractivity contribution in [2.75, 3.05) is 6.54 Å². The SMILES string of the molecule is CCNC(CCc1cnn(C)c1)c1cccc(Br)c1F. The Kier molecular flexibility index (Phi) is 5.31. The van der Waals surface area contributed by atoms with Crippen LogP contribution in [0.1, 0.15) is 30.5 Å². The van der Waals surface area contributed by atoms with Crippen LogP contribution < -0.4 is 5.32 Å². The first-order valence-electron chi connectivity index (χ1n) is 6.76. The van der Waals surface area contributed by atoms with Crippen molar-refractivity contribution in [2.24, 2.45) is 7.05 Å². The Morgan fingerprint density at radius 2 is 2.25 bits per heavy atom.